The van der Waals surface area contributed by atoms with E-state index < -0.39 is 0 Å². The Bertz CT molecular complexity index is 1460. The van der Waals surface area contributed by atoms with Crippen molar-refractivity contribution in [3.8, 4) is 11.1 Å². The van der Waals surface area contributed by atoms with E-state index in [2.05, 4.69) is 15.0 Å². The van der Waals surface area contributed by atoms with Crippen LogP contribution in [0.1, 0.15) is 19.8 Å². The molecular formula is C24H28ClN7O2. The number of rotatable bonds is 3. The summed E-state index contributed by atoms with van der Waals surface area (Å²) in [6.45, 7) is 5.72. The Labute approximate surface area is 201 Å². The van der Waals surface area contributed by atoms with Crippen molar-refractivity contribution in [1.29, 1.82) is 0 Å². The number of anilines is 1. The van der Waals surface area contributed by atoms with Crippen molar-refractivity contribution in [1.82, 2.24) is 24.3 Å². The van der Waals surface area contributed by atoms with Crippen molar-refractivity contribution in [3.63, 3.8) is 0 Å². The van der Waals surface area contributed by atoms with E-state index in [1.807, 2.05) is 36.1 Å². The smallest absolute Gasteiger partial charge is 0.264 e. The van der Waals surface area contributed by atoms with Crippen LogP contribution in [0.4, 0.5) is 5.95 Å². The van der Waals surface area contributed by atoms with Gasteiger partial charge < -0.3 is 20.4 Å². The fraction of sp³-hybridized carbons (Fsp3) is 0.458. The van der Waals surface area contributed by atoms with Crippen LogP contribution >= 0.6 is 11.6 Å². The molecule has 1 spiro atoms. The standard InChI is InChI=1S/C24H28ClN7O2/c1-3-32-11-16-17(29-32)5-4-14(20(16)25)15-10-27-21-19(15)22(33)30(2)23(28-21)31-8-6-24(7-9-31)13-34-12-18(24)26/h4-5,10-11,18,27H,3,6-9,12-13,26H2,1-2H3/t18-/m1/s1. The third-order valence-electron chi connectivity index (χ3n) is 7.69. The lowest BCUT2D eigenvalue weighted by Crippen LogP contribution is -2.50. The highest BCUT2D eigenvalue weighted by molar-refractivity contribution is 6.38. The van der Waals surface area contributed by atoms with Crippen LogP contribution in [0.25, 0.3) is 33.1 Å². The average Bonchev–Trinajstić information content (AvgIpc) is 3.55. The van der Waals surface area contributed by atoms with E-state index in [1.165, 1.54) is 0 Å². The number of aromatic amines is 1. The Morgan fingerprint density at radius 3 is 2.79 bits per heavy atom. The molecule has 0 unspecified atom stereocenters. The highest BCUT2D eigenvalue weighted by atomic mass is 35.5. The van der Waals surface area contributed by atoms with E-state index in [0.717, 1.165) is 61.1 Å². The van der Waals surface area contributed by atoms with E-state index in [1.54, 1.807) is 11.6 Å². The topological polar surface area (TPSA) is 107 Å². The number of H-pyrrole nitrogens is 1. The van der Waals surface area contributed by atoms with Crippen molar-refractivity contribution in [2.24, 2.45) is 18.2 Å². The largest absolute Gasteiger partial charge is 0.379 e. The second-order valence-corrected chi connectivity index (χ2v) is 9.90. The van der Waals surface area contributed by atoms with Crippen LogP contribution in [-0.4, -0.2) is 56.7 Å². The van der Waals surface area contributed by atoms with Gasteiger partial charge in [-0.3, -0.25) is 14.0 Å². The van der Waals surface area contributed by atoms with Crippen molar-refractivity contribution < 1.29 is 4.74 Å². The maximum atomic E-state index is 13.6. The van der Waals surface area contributed by atoms with Crippen molar-refractivity contribution in [2.45, 2.75) is 32.4 Å². The second-order valence-electron chi connectivity index (χ2n) is 9.52. The lowest BCUT2D eigenvalue weighted by molar-refractivity contribution is 0.131. The molecule has 0 saturated carbocycles. The number of benzene rings is 1. The summed E-state index contributed by atoms with van der Waals surface area (Å²) in [5, 5.41) is 6.52. The Balaban J connectivity index is 1.39. The number of halogens is 1. The van der Waals surface area contributed by atoms with Gasteiger partial charge in [0.25, 0.3) is 5.56 Å². The predicted molar refractivity (Wildman–Crippen MR) is 133 cm³/mol. The lowest BCUT2D eigenvalue weighted by atomic mass is 9.75. The molecule has 3 aromatic heterocycles. The van der Waals surface area contributed by atoms with Gasteiger partial charge in [-0.25, -0.2) is 0 Å². The van der Waals surface area contributed by atoms with E-state index in [9.17, 15) is 4.79 Å². The zero-order chi connectivity index (χ0) is 23.6. The minimum atomic E-state index is -0.0992. The number of nitrogens with zero attached hydrogens (tertiary/aromatic N) is 5. The Morgan fingerprint density at radius 2 is 2.09 bits per heavy atom. The van der Waals surface area contributed by atoms with E-state index in [4.69, 9.17) is 27.1 Å². The summed E-state index contributed by atoms with van der Waals surface area (Å²) in [4.78, 5) is 23.8. The molecule has 10 heteroatoms. The maximum absolute atomic E-state index is 13.6. The van der Waals surface area contributed by atoms with Gasteiger partial charge in [-0.05, 0) is 25.8 Å². The number of hydrogen-bond acceptors (Lipinski definition) is 6. The summed E-state index contributed by atoms with van der Waals surface area (Å²) >= 11 is 6.79. The first-order valence-corrected chi connectivity index (χ1v) is 12.1. The predicted octanol–water partition coefficient (Wildman–Crippen LogP) is 2.90. The number of hydrogen-bond donors (Lipinski definition) is 2. The molecule has 6 rings (SSSR count). The van der Waals surface area contributed by atoms with Crippen LogP contribution in [0.2, 0.25) is 5.02 Å². The van der Waals surface area contributed by atoms with Crippen LogP contribution in [0, 0.1) is 5.41 Å². The minimum Gasteiger partial charge on any atom is -0.379 e. The third-order valence-corrected chi connectivity index (χ3v) is 8.10. The highest BCUT2D eigenvalue weighted by Gasteiger charge is 2.44. The van der Waals surface area contributed by atoms with Crippen LogP contribution in [0.15, 0.2) is 29.3 Å². The van der Waals surface area contributed by atoms with Gasteiger partial charge >= 0.3 is 0 Å². The maximum Gasteiger partial charge on any atom is 0.264 e. The number of aromatic nitrogens is 5. The van der Waals surface area contributed by atoms with Gasteiger partial charge in [-0.2, -0.15) is 10.1 Å². The fourth-order valence-corrected chi connectivity index (χ4v) is 5.78. The van der Waals surface area contributed by atoms with Crippen molar-refractivity contribution in [2.75, 3.05) is 31.2 Å². The molecule has 2 saturated heterocycles. The molecule has 4 aromatic rings. The van der Waals surface area contributed by atoms with Crippen LogP contribution in [-0.2, 0) is 18.3 Å². The number of ether oxygens (including phenoxy) is 1. The number of aryl methyl sites for hydroxylation is 1. The molecule has 0 amide bonds. The number of nitrogens with one attached hydrogen (secondary N) is 1. The summed E-state index contributed by atoms with van der Waals surface area (Å²) in [5.74, 6) is 0.666. The Hall–Kier alpha value is -2.88. The molecule has 178 valence electrons. The van der Waals surface area contributed by atoms with Crippen LogP contribution < -0.4 is 16.2 Å². The monoisotopic (exact) mass is 481 g/mol. The molecule has 9 nitrogen and oxygen atoms in total. The van der Waals surface area contributed by atoms with Crippen LogP contribution in [0.3, 0.4) is 0 Å². The molecule has 1 atom stereocenters. The minimum absolute atomic E-state index is 0.0417. The number of nitrogens with two attached hydrogens (primary N) is 1. The molecule has 2 aliphatic heterocycles. The summed E-state index contributed by atoms with van der Waals surface area (Å²) < 4.78 is 9.15. The number of fused-ring (bicyclic) bond motifs is 2. The lowest BCUT2D eigenvalue weighted by Gasteiger charge is -2.41. The van der Waals surface area contributed by atoms with Gasteiger partial charge in [0, 0.05) is 67.0 Å². The zero-order valence-corrected chi connectivity index (χ0v) is 20.1. The van der Waals surface area contributed by atoms with Gasteiger partial charge in [0.15, 0.2) is 0 Å². The summed E-state index contributed by atoms with van der Waals surface area (Å²) in [5.41, 5.74) is 9.21. The molecule has 0 aliphatic carbocycles. The second kappa shape index (κ2) is 7.83. The van der Waals surface area contributed by atoms with Gasteiger partial charge in [0.2, 0.25) is 5.95 Å². The molecule has 1 aromatic carbocycles. The first-order valence-electron chi connectivity index (χ1n) is 11.7. The average molecular weight is 482 g/mol. The van der Waals surface area contributed by atoms with Crippen molar-refractivity contribution >= 4 is 39.5 Å². The molecule has 3 N–H and O–H groups in total. The first-order chi connectivity index (χ1) is 16.4. The van der Waals surface area contributed by atoms with Gasteiger partial charge in [0.1, 0.15) is 5.65 Å². The molecule has 2 fully saturated rings. The fourth-order valence-electron chi connectivity index (χ4n) is 5.47. The molecule has 5 heterocycles. The van der Waals surface area contributed by atoms with E-state index in [0.29, 0.717) is 28.6 Å². The van der Waals surface area contributed by atoms with Gasteiger partial charge in [0.05, 0.1) is 29.1 Å². The molecule has 34 heavy (non-hydrogen) atoms. The Morgan fingerprint density at radius 1 is 1.29 bits per heavy atom. The third kappa shape index (κ3) is 3.10. The van der Waals surface area contributed by atoms with Crippen LogP contribution in [0.5, 0.6) is 0 Å². The Kier molecular flexibility index (Phi) is 4.98. The van der Waals surface area contributed by atoms with E-state index in [-0.39, 0.29) is 17.0 Å². The molecule has 2 aliphatic rings. The van der Waals surface area contributed by atoms with Gasteiger partial charge in [-0.15, -0.1) is 0 Å². The number of piperidine rings is 1. The SMILES string of the molecule is CCn1cc2c(Cl)c(-c3c[nH]c4nc(N5CCC6(CC5)COC[C@H]6N)n(C)c(=O)c34)ccc2n1. The summed E-state index contributed by atoms with van der Waals surface area (Å²) in [7, 11) is 1.78. The zero-order valence-electron chi connectivity index (χ0n) is 19.3. The molecular weight excluding hydrogens is 454 g/mol. The highest BCUT2D eigenvalue weighted by Crippen LogP contribution is 2.40. The summed E-state index contributed by atoms with van der Waals surface area (Å²) in [6, 6.07) is 3.94. The van der Waals surface area contributed by atoms with Gasteiger partial charge in [-0.1, -0.05) is 17.7 Å². The van der Waals surface area contributed by atoms with Crippen molar-refractivity contribution in [3.05, 3.63) is 39.9 Å². The summed E-state index contributed by atoms with van der Waals surface area (Å²) in [6.07, 6.45) is 5.62. The van der Waals surface area contributed by atoms with E-state index >= 15 is 0 Å². The first kappa shape index (κ1) is 21.6. The molecule has 0 bridgehead atoms. The molecule has 0 radical (unpaired) electrons. The quantitative estimate of drug-likeness (QED) is 0.466. The normalized spacial score (nSPS) is 20.2.